The van der Waals surface area contributed by atoms with Crippen LogP contribution in [0, 0.1) is 0 Å². The lowest BCUT2D eigenvalue weighted by Gasteiger charge is -2.11. The molecule has 1 heterocycles. The lowest BCUT2D eigenvalue weighted by molar-refractivity contribution is 0.312. The quantitative estimate of drug-likeness (QED) is 0.519. The smallest absolute Gasteiger partial charge is 0.256 e. The third-order valence-electron chi connectivity index (χ3n) is 3.90. The van der Waals surface area contributed by atoms with Crippen LogP contribution < -0.4 is 15.6 Å². The van der Waals surface area contributed by atoms with Gasteiger partial charge in [0, 0.05) is 16.2 Å². The molecule has 0 amide bonds. The van der Waals surface area contributed by atoms with Crippen molar-refractivity contribution in [2.45, 2.75) is 19.8 Å². The van der Waals surface area contributed by atoms with Crippen molar-refractivity contribution in [1.29, 1.82) is 0 Å². The van der Waals surface area contributed by atoms with E-state index in [9.17, 15) is 4.79 Å². The van der Waals surface area contributed by atoms with Crippen LogP contribution in [0.25, 0.3) is 21.7 Å². The Morgan fingerprint density at radius 3 is 2.70 bits per heavy atom. The first kappa shape index (κ1) is 15.6. The fraction of sp³-hybridized carbons (Fsp3) is 0.316. The Balaban J connectivity index is 1.89. The lowest BCUT2D eigenvalue weighted by Crippen LogP contribution is -2.18. The van der Waals surface area contributed by atoms with Crippen LogP contribution in [0.1, 0.15) is 19.8 Å². The standard InChI is InChI=1S/C19H22N2O2/c1-2-11-20-12-6-13-23-17-10-5-9-16-18(17)14-7-3-4-8-15(14)19(22)21-16/h3-5,7-10,20H,2,6,11-13H2,1H3,(H,21,22). The number of rotatable bonds is 7. The zero-order valence-electron chi connectivity index (χ0n) is 13.4. The summed E-state index contributed by atoms with van der Waals surface area (Å²) in [6.07, 6.45) is 2.10. The molecule has 0 bridgehead atoms. The van der Waals surface area contributed by atoms with Gasteiger partial charge in [-0.1, -0.05) is 31.2 Å². The number of aromatic amines is 1. The van der Waals surface area contributed by atoms with E-state index < -0.39 is 0 Å². The van der Waals surface area contributed by atoms with Gasteiger partial charge in [0.05, 0.1) is 12.1 Å². The van der Waals surface area contributed by atoms with E-state index in [2.05, 4.69) is 17.2 Å². The molecule has 120 valence electrons. The predicted octanol–water partition coefficient (Wildman–Crippen LogP) is 3.45. The van der Waals surface area contributed by atoms with Gasteiger partial charge >= 0.3 is 0 Å². The van der Waals surface area contributed by atoms with Gasteiger partial charge in [0.1, 0.15) is 5.75 Å². The highest BCUT2D eigenvalue weighted by Gasteiger charge is 2.09. The number of fused-ring (bicyclic) bond motifs is 3. The first-order valence-electron chi connectivity index (χ1n) is 8.18. The van der Waals surface area contributed by atoms with Crippen LogP contribution in [0.3, 0.4) is 0 Å². The van der Waals surface area contributed by atoms with Crippen LogP contribution in [-0.2, 0) is 0 Å². The second-order valence-electron chi connectivity index (χ2n) is 5.63. The SMILES string of the molecule is CCCNCCCOc1cccc2[nH]c(=O)c3ccccc3c12. The van der Waals surface area contributed by atoms with Crippen molar-refractivity contribution in [1.82, 2.24) is 10.3 Å². The molecule has 4 nitrogen and oxygen atoms in total. The van der Waals surface area contributed by atoms with Gasteiger partial charge in [-0.25, -0.2) is 0 Å². The van der Waals surface area contributed by atoms with Crippen molar-refractivity contribution in [3.05, 3.63) is 52.8 Å². The monoisotopic (exact) mass is 310 g/mol. The Hall–Kier alpha value is -2.33. The Morgan fingerprint density at radius 1 is 1.04 bits per heavy atom. The van der Waals surface area contributed by atoms with E-state index in [-0.39, 0.29) is 5.56 Å². The Kier molecular flexibility index (Phi) is 4.93. The molecule has 0 saturated heterocycles. The summed E-state index contributed by atoms with van der Waals surface area (Å²) < 4.78 is 5.99. The average Bonchev–Trinajstić information content (AvgIpc) is 2.58. The first-order chi connectivity index (χ1) is 11.3. The molecule has 0 aliphatic heterocycles. The highest BCUT2D eigenvalue weighted by Crippen LogP contribution is 2.30. The van der Waals surface area contributed by atoms with Crippen LogP contribution in [0.2, 0.25) is 0 Å². The van der Waals surface area contributed by atoms with E-state index in [4.69, 9.17) is 4.74 Å². The number of ether oxygens (including phenoxy) is 1. The summed E-state index contributed by atoms with van der Waals surface area (Å²) in [4.78, 5) is 15.1. The molecule has 0 aliphatic rings. The Morgan fingerprint density at radius 2 is 1.87 bits per heavy atom. The molecule has 0 saturated carbocycles. The third kappa shape index (κ3) is 3.37. The summed E-state index contributed by atoms with van der Waals surface area (Å²) in [5, 5.41) is 5.98. The van der Waals surface area contributed by atoms with Gasteiger partial charge < -0.3 is 15.0 Å². The Bertz CT molecular complexity index is 855. The van der Waals surface area contributed by atoms with Crippen LogP contribution in [0.4, 0.5) is 0 Å². The van der Waals surface area contributed by atoms with E-state index in [0.717, 1.165) is 48.0 Å². The molecule has 3 rings (SSSR count). The molecule has 0 fully saturated rings. The second kappa shape index (κ2) is 7.29. The van der Waals surface area contributed by atoms with Gasteiger partial charge in [0.2, 0.25) is 0 Å². The number of pyridine rings is 1. The minimum absolute atomic E-state index is 0.0611. The third-order valence-corrected chi connectivity index (χ3v) is 3.90. The summed E-state index contributed by atoms with van der Waals surface area (Å²) >= 11 is 0. The van der Waals surface area contributed by atoms with E-state index >= 15 is 0 Å². The molecule has 0 radical (unpaired) electrons. The van der Waals surface area contributed by atoms with Gasteiger partial charge in [0.25, 0.3) is 5.56 Å². The second-order valence-corrected chi connectivity index (χ2v) is 5.63. The first-order valence-corrected chi connectivity index (χ1v) is 8.18. The number of hydrogen-bond acceptors (Lipinski definition) is 3. The maximum Gasteiger partial charge on any atom is 0.256 e. The molecule has 0 spiro atoms. The highest BCUT2D eigenvalue weighted by atomic mass is 16.5. The van der Waals surface area contributed by atoms with Gasteiger partial charge in [-0.05, 0) is 44.1 Å². The van der Waals surface area contributed by atoms with Gasteiger partial charge in [0.15, 0.2) is 0 Å². The lowest BCUT2D eigenvalue weighted by atomic mass is 10.1. The molecule has 23 heavy (non-hydrogen) atoms. The summed E-state index contributed by atoms with van der Waals surface area (Å²) in [5.74, 6) is 0.824. The largest absolute Gasteiger partial charge is 0.493 e. The van der Waals surface area contributed by atoms with Crippen LogP contribution in [0.15, 0.2) is 47.3 Å². The molecule has 3 aromatic rings. The number of nitrogens with one attached hydrogen (secondary N) is 2. The predicted molar refractivity (Wildman–Crippen MR) is 95.3 cm³/mol. The Labute approximate surface area is 135 Å². The zero-order valence-corrected chi connectivity index (χ0v) is 13.4. The molecule has 0 aliphatic carbocycles. The van der Waals surface area contributed by atoms with Crippen molar-refractivity contribution in [2.24, 2.45) is 0 Å². The minimum atomic E-state index is -0.0611. The van der Waals surface area contributed by atoms with Gasteiger partial charge in [-0.15, -0.1) is 0 Å². The molecular formula is C19H22N2O2. The number of aromatic nitrogens is 1. The summed E-state index contributed by atoms with van der Waals surface area (Å²) in [6.45, 7) is 4.81. The molecule has 2 aromatic carbocycles. The normalized spacial score (nSPS) is 11.2. The maximum absolute atomic E-state index is 12.2. The van der Waals surface area contributed by atoms with Crippen molar-refractivity contribution in [3.63, 3.8) is 0 Å². The number of hydrogen-bond donors (Lipinski definition) is 2. The van der Waals surface area contributed by atoms with Crippen molar-refractivity contribution >= 4 is 21.7 Å². The summed E-state index contributed by atoms with van der Waals surface area (Å²) in [6, 6.07) is 13.4. The molecule has 1 aromatic heterocycles. The van der Waals surface area contributed by atoms with E-state index in [1.54, 1.807) is 0 Å². The topological polar surface area (TPSA) is 54.1 Å². The maximum atomic E-state index is 12.2. The van der Waals surface area contributed by atoms with E-state index in [1.165, 1.54) is 0 Å². The van der Waals surface area contributed by atoms with Crippen LogP contribution in [0.5, 0.6) is 5.75 Å². The molecule has 2 N–H and O–H groups in total. The van der Waals surface area contributed by atoms with Crippen molar-refractivity contribution in [2.75, 3.05) is 19.7 Å². The average molecular weight is 310 g/mol. The summed E-state index contributed by atoms with van der Waals surface area (Å²) in [5.41, 5.74) is 0.754. The zero-order chi connectivity index (χ0) is 16.1. The fourth-order valence-electron chi connectivity index (χ4n) is 2.80. The van der Waals surface area contributed by atoms with E-state index in [0.29, 0.717) is 12.0 Å². The van der Waals surface area contributed by atoms with Crippen molar-refractivity contribution in [3.8, 4) is 5.75 Å². The molecular weight excluding hydrogens is 288 g/mol. The van der Waals surface area contributed by atoms with Crippen molar-refractivity contribution < 1.29 is 4.74 Å². The highest BCUT2D eigenvalue weighted by molar-refractivity contribution is 6.08. The van der Waals surface area contributed by atoms with Gasteiger partial charge in [-0.3, -0.25) is 4.79 Å². The number of benzene rings is 2. The van der Waals surface area contributed by atoms with Crippen LogP contribution >= 0.6 is 0 Å². The van der Waals surface area contributed by atoms with Gasteiger partial charge in [-0.2, -0.15) is 0 Å². The summed E-state index contributed by atoms with van der Waals surface area (Å²) in [7, 11) is 0. The molecule has 0 atom stereocenters. The molecule has 0 unspecified atom stereocenters. The minimum Gasteiger partial charge on any atom is -0.493 e. The molecule has 4 heteroatoms. The van der Waals surface area contributed by atoms with Crippen LogP contribution in [-0.4, -0.2) is 24.7 Å². The number of H-pyrrole nitrogens is 1. The van der Waals surface area contributed by atoms with E-state index in [1.807, 2.05) is 42.5 Å². The fourth-order valence-corrected chi connectivity index (χ4v) is 2.80.